The Morgan fingerprint density at radius 2 is 1.94 bits per heavy atom. The van der Waals surface area contributed by atoms with Gasteiger partial charge in [-0.25, -0.2) is 23.1 Å². The number of benzene rings is 1. The molecule has 3 aromatic heterocycles. The van der Waals surface area contributed by atoms with Crippen LogP contribution in [0.25, 0.3) is 17.1 Å². The van der Waals surface area contributed by atoms with Crippen LogP contribution in [0.5, 0.6) is 0 Å². The molecule has 1 fully saturated rings. The fourth-order valence-electron chi connectivity index (χ4n) is 4.13. The van der Waals surface area contributed by atoms with Crippen LogP contribution in [0.2, 0.25) is 0 Å². The molecule has 1 aliphatic rings. The summed E-state index contributed by atoms with van der Waals surface area (Å²) in [7, 11) is 1.80. The third-order valence-corrected chi connectivity index (χ3v) is 5.88. The minimum atomic E-state index is -2.95. The Morgan fingerprint density at radius 3 is 2.72 bits per heavy atom. The van der Waals surface area contributed by atoms with Gasteiger partial charge in [0.2, 0.25) is 5.43 Å². The molecule has 0 radical (unpaired) electrons. The molecule has 0 unspecified atom stereocenters. The summed E-state index contributed by atoms with van der Waals surface area (Å²) in [5.74, 6) is -2.61. The first kappa shape index (κ1) is 23.9. The number of nitrogens with zero attached hydrogens (tertiary/aromatic N) is 8. The highest BCUT2D eigenvalue weighted by Crippen LogP contribution is 2.21. The largest absolute Gasteiger partial charge is 0.379 e. The Hall–Kier alpha value is -3.77. The predicted octanol–water partition coefficient (Wildman–Crippen LogP) is 1.78. The van der Waals surface area contributed by atoms with Gasteiger partial charge >= 0.3 is 0 Å². The van der Waals surface area contributed by atoms with Gasteiger partial charge in [-0.05, 0) is 11.6 Å². The van der Waals surface area contributed by atoms with Crippen LogP contribution in [0.3, 0.4) is 0 Å². The van der Waals surface area contributed by atoms with Crippen LogP contribution in [0.15, 0.2) is 60.0 Å². The van der Waals surface area contributed by atoms with Gasteiger partial charge < -0.3 is 4.74 Å². The van der Waals surface area contributed by atoms with Gasteiger partial charge in [0, 0.05) is 44.4 Å². The van der Waals surface area contributed by atoms with Crippen LogP contribution in [0.4, 0.5) is 8.78 Å². The molecule has 4 aromatic rings. The highest BCUT2D eigenvalue weighted by Gasteiger charge is 2.33. The van der Waals surface area contributed by atoms with Crippen molar-refractivity contribution in [3.8, 4) is 17.1 Å². The monoisotopic (exact) mass is 496 g/mol. The lowest BCUT2D eigenvalue weighted by Gasteiger charge is -2.30. The van der Waals surface area contributed by atoms with Crippen molar-refractivity contribution in [1.29, 1.82) is 0 Å². The molecule has 0 spiro atoms. The average Bonchev–Trinajstić information content (AvgIpc) is 3.50. The Bertz CT molecular complexity index is 1390. The first-order valence-corrected chi connectivity index (χ1v) is 11.6. The van der Waals surface area contributed by atoms with Gasteiger partial charge in [0.25, 0.3) is 5.92 Å². The molecule has 4 heterocycles. The molecule has 0 amide bonds. The first-order valence-electron chi connectivity index (χ1n) is 11.6. The molecule has 10 nitrogen and oxygen atoms in total. The van der Waals surface area contributed by atoms with E-state index in [-0.39, 0.29) is 12.0 Å². The molecule has 12 heteroatoms. The van der Waals surface area contributed by atoms with Crippen LogP contribution >= 0.6 is 0 Å². The van der Waals surface area contributed by atoms with E-state index < -0.39 is 12.5 Å². The Kier molecular flexibility index (Phi) is 6.70. The zero-order valence-electron chi connectivity index (χ0n) is 19.8. The number of ether oxygens (including phenoxy) is 1. The van der Waals surface area contributed by atoms with E-state index in [0.29, 0.717) is 49.8 Å². The molecule has 0 saturated carbocycles. The Balaban J connectivity index is 1.29. The van der Waals surface area contributed by atoms with E-state index in [9.17, 15) is 13.6 Å². The Labute approximate surface area is 205 Å². The van der Waals surface area contributed by atoms with E-state index in [4.69, 9.17) is 4.74 Å². The van der Waals surface area contributed by atoms with Crippen molar-refractivity contribution in [1.82, 2.24) is 39.2 Å². The van der Waals surface area contributed by atoms with E-state index in [1.807, 2.05) is 18.2 Å². The molecule has 0 aliphatic carbocycles. The van der Waals surface area contributed by atoms with Gasteiger partial charge in [0.1, 0.15) is 24.3 Å². The van der Waals surface area contributed by atoms with E-state index in [1.54, 1.807) is 46.0 Å². The third kappa shape index (κ3) is 5.71. The molecule has 1 aromatic carbocycles. The number of aryl methyl sites for hydroxylation is 1. The predicted molar refractivity (Wildman–Crippen MR) is 127 cm³/mol. The number of alkyl halides is 2. The topological polar surface area (TPSA) is 95.9 Å². The molecule has 0 N–H and O–H groups in total. The van der Waals surface area contributed by atoms with E-state index >= 15 is 0 Å². The highest BCUT2D eigenvalue weighted by molar-refractivity contribution is 5.55. The SMILES string of the molecule is Cn1cc(-n2ccc(=O)c(Cc3cccc(-c4ncn(CC(F)(F)CN5CCOCC5)n4)c3)n2)cn1. The lowest BCUT2D eigenvalue weighted by Crippen LogP contribution is -2.45. The fourth-order valence-corrected chi connectivity index (χ4v) is 4.13. The van der Waals surface area contributed by atoms with Crippen LogP contribution < -0.4 is 5.43 Å². The first-order chi connectivity index (χ1) is 17.3. The summed E-state index contributed by atoms with van der Waals surface area (Å²) in [5, 5.41) is 12.9. The third-order valence-electron chi connectivity index (χ3n) is 5.88. The molecule has 5 rings (SSSR count). The van der Waals surface area contributed by atoms with Gasteiger partial charge in [-0.1, -0.05) is 18.2 Å². The van der Waals surface area contributed by atoms with Crippen molar-refractivity contribution in [3.63, 3.8) is 0 Å². The van der Waals surface area contributed by atoms with Crippen LogP contribution in [-0.2, 0) is 24.8 Å². The van der Waals surface area contributed by atoms with E-state index in [1.165, 1.54) is 17.1 Å². The summed E-state index contributed by atoms with van der Waals surface area (Å²) in [6.07, 6.45) is 6.68. The molecule has 0 bridgehead atoms. The normalized spacial score (nSPS) is 14.9. The van der Waals surface area contributed by atoms with E-state index in [0.717, 1.165) is 11.3 Å². The number of morpholine rings is 1. The zero-order valence-corrected chi connectivity index (χ0v) is 19.8. The smallest absolute Gasteiger partial charge is 0.279 e. The number of hydrogen-bond donors (Lipinski definition) is 0. The van der Waals surface area contributed by atoms with Gasteiger partial charge in [-0.2, -0.15) is 15.3 Å². The molecule has 0 atom stereocenters. The lowest BCUT2D eigenvalue weighted by molar-refractivity contribution is -0.0689. The van der Waals surface area contributed by atoms with Crippen LogP contribution in [-0.4, -0.2) is 78.0 Å². The minimum Gasteiger partial charge on any atom is -0.379 e. The van der Waals surface area contributed by atoms with E-state index in [2.05, 4.69) is 20.3 Å². The maximum atomic E-state index is 14.6. The average molecular weight is 497 g/mol. The molecule has 36 heavy (non-hydrogen) atoms. The van der Waals surface area contributed by atoms with Gasteiger partial charge in [0.05, 0.1) is 32.2 Å². The summed E-state index contributed by atoms with van der Waals surface area (Å²) in [4.78, 5) is 18.4. The summed E-state index contributed by atoms with van der Waals surface area (Å²) >= 11 is 0. The second kappa shape index (κ2) is 10.1. The van der Waals surface area contributed by atoms with Crippen molar-refractivity contribution in [2.75, 3.05) is 32.8 Å². The number of halogens is 2. The highest BCUT2D eigenvalue weighted by atomic mass is 19.3. The standard InChI is InChI=1S/C24H26F2N8O2/c1-31-14-20(13-28-31)34-6-5-22(35)21(29-34)12-18-3-2-4-19(11-18)23-27-17-33(30-23)16-24(25,26)15-32-7-9-36-10-8-32/h2-6,11,13-14,17H,7-10,12,15-16H2,1H3. The minimum absolute atomic E-state index is 0.176. The van der Waals surface area contributed by atoms with Crippen molar-refractivity contribution < 1.29 is 13.5 Å². The summed E-state index contributed by atoms with van der Waals surface area (Å²) in [6.45, 7) is 1.02. The molecule has 1 saturated heterocycles. The van der Waals surface area contributed by atoms with Gasteiger partial charge in [-0.3, -0.25) is 14.4 Å². The molecular weight excluding hydrogens is 470 g/mol. The number of aromatic nitrogens is 7. The Morgan fingerprint density at radius 1 is 1.11 bits per heavy atom. The summed E-state index contributed by atoms with van der Waals surface area (Å²) in [5.41, 5.74) is 2.44. The maximum Gasteiger partial charge on any atom is 0.279 e. The van der Waals surface area contributed by atoms with Crippen molar-refractivity contribution in [3.05, 3.63) is 76.7 Å². The quantitative estimate of drug-likeness (QED) is 0.367. The number of rotatable bonds is 8. The maximum absolute atomic E-state index is 14.6. The molecular formula is C24H26F2N8O2. The van der Waals surface area contributed by atoms with Crippen LogP contribution in [0.1, 0.15) is 11.3 Å². The molecule has 188 valence electrons. The lowest BCUT2D eigenvalue weighted by atomic mass is 10.1. The fraction of sp³-hybridized carbons (Fsp3) is 0.375. The van der Waals surface area contributed by atoms with Crippen molar-refractivity contribution in [2.24, 2.45) is 7.05 Å². The van der Waals surface area contributed by atoms with Gasteiger partial charge in [0.15, 0.2) is 5.82 Å². The zero-order chi connectivity index (χ0) is 25.1. The van der Waals surface area contributed by atoms with Gasteiger partial charge in [-0.15, -0.1) is 0 Å². The van der Waals surface area contributed by atoms with Crippen molar-refractivity contribution in [2.45, 2.75) is 18.9 Å². The van der Waals surface area contributed by atoms with Crippen molar-refractivity contribution >= 4 is 0 Å². The second-order valence-corrected chi connectivity index (χ2v) is 8.83. The second-order valence-electron chi connectivity index (χ2n) is 8.83. The van der Waals surface area contributed by atoms with Crippen LogP contribution in [0, 0.1) is 0 Å². The summed E-state index contributed by atoms with van der Waals surface area (Å²) < 4.78 is 38.8. The molecule has 1 aliphatic heterocycles. The number of hydrogen-bond acceptors (Lipinski definition) is 7. The summed E-state index contributed by atoms with van der Waals surface area (Å²) in [6, 6.07) is 8.81.